The van der Waals surface area contributed by atoms with Gasteiger partial charge in [0.05, 0.1) is 17.3 Å². The Morgan fingerprint density at radius 1 is 1.39 bits per heavy atom. The molecule has 1 aromatic rings. The van der Waals surface area contributed by atoms with E-state index in [-0.39, 0.29) is 12.0 Å². The van der Waals surface area contributed by atoms with Crippen LogP contribution in [0.5, 0.6) is 0 Å². The van der Waals surface area contributed by atoms with Gasteiger partial charge in [-0.3, -0.25) is 16.3 Å². The number of hydrogen-bond donors (Lipinski definition) is 2. The summed E-state index contributed by atoms with van der Waals surface area (Å²) in [6.45, 7) is 4.04. The molecule has 3 N–H and O–H groups in total. The Hall–Kier alpha value is -1.14. The monoisotopic (exact) mass is 261 g/mol. The van der Waals surface area contributed by atoms with Crippen molar-refractivity contribution in [3.05, 3.63) is 29.6 Å². The molecule has 6 heteroatoms. The van der Waals surface area contributed by atoms with E-state index in [4.69, 9.17) is 5.84 Å². The van der Waals surface area contributed by atoms with Crippen LogP contribution in [-0.2, 0) is 6.18 Å². The van der Waals surface area contributed by atoms with Crippen molar-refractivity contribution < 1.29 is 13.2 Å². The summed E-state index contributed by atoms with van der Waals surface area (Å²) in [5.41, 5.74) is 2.41. The molecule has 2 unspecified atom stereocenters. The average Bonchev–Trinajstić information content (AvgIpc) is 2.30. The lowest BCUT2D eigenvalue weighted by atomic mass is 9.94. The first kappa shape index (κ1) is 14.9. The normalized spacial score (nSPS) is 15.4. The zero-order chi connectivity index (χ0) is 13.8. The van der Waals surface area contributed by atoms with Gasteiger partial charge < -0.3 is 0 Å². The molecule has 2 atom stereocenters. The van der Waals surface area contributed by atoms with Crippen LogP contribution in [0.15, 0.2) is 18.3 Å². The number of aromatic nitrogens is 1. The van der Waals surface area contributed by atoms with Crippen LogP contribution in [0.3, 0.4) is 0 Å². The van der Waals surface area contributed by atoms with Crippen LogP contribution in [-0.4, -0.2) is 4.98 Å². The zero-order valence-corrected chi connectivity index (χ0v) is 10.5. The minimum Gasteiger partial charge on any atom is -0.271 e. The van der Waals surface area contributed by atoms with Crippen molar-refractivity contribution >= 4 is 0 Å². The molecule has 0 aliphatic heterocycles. The molecule has 1 aromatic heterocycles. The third kappa shape index (κ3) is 3.68. The lowest BCUT2D eigenvalue weighted by molar-refractivity contribution is -0.137. The molecule has 0 aromatic carbocycles. The van der Waals surface area contributed by atoms with Gasteiger partial charge in [-0.15, -0.1) is 0 Å². The van der Waals surface area contributed by atoms with Crippen molar-refractivity contribution in [2.45, 2.75) is 38.9 Å². The highest BCUT2D eigenvalue weighted by Gasteiger charge is 2.31. The van der Waals surface area contributed by atoms with Gasteiger partial charge in [-0.2, -0.15) is 13.2 Å². The van der Waals surface area contributed by atoms with Crippen LogP contribution in [0.4, 0.5) is 13.2 Å². The second kappa shape index (κ2) is 6.15. The molecular weight excluding hydrogens is 243 g/mol. The fourth-order valence-electron chi connectivity index (χ4n) is 1.92. The van der Waals surface area contributed by atoms with E-state index in [1.807, 2.05) is 13.8 Å². The first-order valence-corrected chi connectivity index (χ1v) is 5.89. The Labute approximate surface area is 105 Å². The Morgan fingerprint density at radius 2 is 2.06 bits per heavy atom. The Morgan fingerprint density at radius 3 is 2.44 bits per heavy atom. The smallest absolute Gasteiger partial charge is 0.271 e. The highest BCUT2D eigenvalue weighted by atomic mass is 19.4. The van der Waals surface area contributed by atoms with Gasteiger partial charge >= 0.3 is 6.18 Å². The number of nitrogens with zero attached hydrogens (tertiary/aromatic N) is 1. The lowest BCUT2D eigenvalue weighted by Crippen LogP contribution is -2.33. The molecule has 3 nitrogen and oxygen atoms in total. The van der Waals surface area contributed by atoms with Gasteiger partial charge in [-0.05, 0) is 24.5 Å². The Balaban J connectivity index is 2.88. The van der Waals surface area contributed by atoms with Crippen molar-refractivity contribution in [1.29, 1.82) is 0 Å². The second-order valence-corrected chi connectivity index (χ2v) is 4.38. The molecule has 102 valence electrons. The number of halogens is 3. The Kier molecular flexibility index (Phi) is 5.10. The second-order valence-electron chi connectivity index (χ2n) is 4.38. The molecule has 0 bridgehead atoms. The van der Waals surface area contributed by atoms with Crippen LogP contribution in [0, 0.1) is 5.92 Å². The van der Waals surface area contributed by atoms with Gasteiger partial charge in [-0.1, -0.05) is 20.3 Å². The summed E-state index contributed by atoms with van der Waals surface area (Å²) in [7, 11) is 0. The molecular formula is C12H18F3N3. The van der Waals surface area contributed by atoms with Gasteiger partial charge in [0.1, 0.15) is 0 Å². The van der Waals surface area contributed by atoms with Crippen molar-refractivity contribution in [3.63, 3.8) is 0 Å². The van der Waals surface area contributed by atoms with Gasteiger partial charge in [-0.25, -0.2) is 0 Å². The largest absolute Gasteiger partial charge is 0.417 e. The van der Waals surface area contributed by atoms with Crippen LogP contribution >= 0.6 is 0 Å². The number of hydrogen-bond acceptors (Lipinski definition) is 3. The maximum atomic E-state index is 12.4. The van der Waals surface area contributed by atoms with Gasteiger partial charge in [0.15, 0.2) is 0 Å². The molecule has 0 aliphatic rings. The number of nitrogens with one attached hydrogen (secondary N) is 1. The molecule has 0 saturated heterocycles. The van der Waals surface area contributed by atoms with E-state index in [9.17, 15) is 13.2 Å². The molecule has 0 saturated carbocycles. The van der Waals surface area contributed by atoms with Crippen molar-refractivity contribution in [3.8, 4) is 0 Å². The van der Waals surface area contributed by atoms with Gasteiger partial charge in [0.2, 0.25) is 0 Å². The predicted molar refractivity (Wildman–Crippen MR) is 63.4 cm³/mol. The first-order chi connectivity index (χ1) is 8.40. The van der Waals surface area contributed by atoms with Crippen molar-refractivity contribution in [2.75, 3.05) is 0 Å². The number of alkyl halides is 3. The highest BCUT2D eigenvalue weighted by Crippen LogP contribution is 2.30. The average molecular weight is 261 g/mol. The summed E-state index contributed by atoms with van der Waals surface area (Å²) >= 11 is 0. The van der Waals surface area contributed by atoms with E-state index in [0.29, 0.717) is 5.69 Å². The minimum atomic E-state index is -4.35. The van der Waals surface area contributed by atoms with E-state index >= 15 is 0 Å². The molecule has 0 fully saturated rings. The van der Waals surface area contributed by atoms with Crippen molar-refractivity contribution in [1.82, 2.24) is 10.4 Å². The van der Waals surface area contributed by atoms with Crippen LogP contribution in [0.2, 0.25) is 0 Å². The molecule has 0 radical (unpaired) electrons. The van der Waals surface area contributed by atoms with E-state index < -0.39 is 11.7 Å². The summed E-state index contributed by atoms with van der Waals surface area (Å²) in [4.78, 5) is 3.86. The van der Waals surface area contributed by atoms with Crippen LogP contribution in [0.25, 0.3) is 0 Å². The first-order valence-electron chi connectivity index (χ1n) is 5.89. The van der Waals surface area contributed by atoms with E-state index in [2.05, 4.69) is 10.4 Å². The summed E-state index contributed by atoms with van der Waals surface area (Å²) in [5, 5.41) is 0. The SMILES string of the molecule is CCCC(C)C(NN)c1ccc(C(F)(F)F)cn1. The maximum Gasteiger partial charge on any atom is 0.417 e. The van der Waals surface area contributed by atoms with Crippen LogP contribution < -0.4 is 11.3 Å². The molecule has 0 spiro atoms. The third-order valence-corrected chi connectivity index (χ3v) is 2.92. The number of nitrogens with two attached hydrogens (primary N) is 1. The summed E-state index contributed by atoms with van der Waals surface area (Å²) < 4.78 is 37.2. The number of rotatable bonds is 5. The standard InChI is InChI=1S/C12H18F3N3/c1-3-4-8(2)11(18-16)10-6-5-9(7-17-10)12(13,14)15/h5-8,11,18H,3-4,16H2,1-2H3. The van der Waals surface area contributed by atoms with Gasteiger partial charge in [0.25, 0.3) is 0 Å². The van der Waals surface area contributed by atoms with E-state index in [1.165, 1.54) is 6.07 Å². The maximum absolute atomic E-state index is 12.4. The zero-order valence-electron chi connectivity index (χ0n) is 10.5. The highest BCUT2D eigenvalue weighted by molar-refractivity contribution is 5.19. The molecule has 18 heavy (non-hydrogen) atoms. The molecule has 1 rings (SSSR count). The van der Waals surface area contributed by atoms with Crippen molar-refractivity contribution in [2.24, 2.45) is 11.8 Å². The molecule has 1 heterocycles. The molecule has 0 amide bonds. The third-order valence-electron chi connectivity index (χ3n) is 2.92. The fraction of sp³-hybridized carbons (Fsp3) is 0.583. The fourth-order valence-corrected chi connectivity index (χ4v) is 1.92. The quantitative estimate of drug-likeness (QED) is 0.632. The molecule has 0 aliphatic carbocycles. The summed E-state index contributed by atoms with van der Waals surface area (Å²) in [6, 6.07) is 2.18. The Bertz CT molecular complexity index is 362. The number of hydrazine groups is 1. The summed E-state index contributed by atoms with van der Waals surface area (Å²) in [5.74, 6) is 5.66. The topological polar surface area (TPSA) is 50.9 Å². The predicted octanol–water partition coefficient (Wildman–Crippen LogP) is 3.04. The van der Waals surface area contributed by atoms with E-state index in [0.717, 1.165) is 25.1 Å². The van der Waals surface area contributed by atoms with E-state index in [1.54, 1.807) is 0 Å². The minimum absolute atomic E-state index is 0.212. The number of pyridine rings is 1. The summed E-state index contributed by atoms with van der Waals surface area (Å²) in [6.07, 6.45) is -1.60. The lowest BCUT2D eigenvalue weighted by Gasteiger charge is -2.22. The van der Waals surface area contributed by atoms with Crippen LogP contribution in [0.1, 0.15) is 44.0 Å². The van der Waals surface area contributed by atoms with Gasteiger partial charge in [0, 0.05) is 6.20 Å².